The summed E-state index contributed by atoms with van der Waals surface area (Å²) in [6, 6.07) is 16.6. The van der Waals surface area contributed by atoms with Gasteiger partial charge in [0.25, 0.3) is 0 Å². The molecule has 0 fully saturated rings. The first kappa shape index (κ1) is 22.2. The van der Waals surface area contributed by atoms with Gasteiger partial charge in [-0.05, 0) is 23.1 Å². The molecular formula is C23H25N3O2S3. The van der Waals surface area contributed by atoms with Crippen molar-refractivity contribution in [3.05, 3.63) is 65.2 Å². The number of nitrogens with zero attached hydrogens (tertiary/aromatic N) is 2. The summed E-state index contributed by atoms with van der Waals surface area (Å²) in [5.41, 5.74) is 3.67. The largest absolute Gasteiger partial charge is 0.493 e. The quantitative estimate of drug-likeness (QED) is 0.426. The monoisotopic (exact) mass is 471 g/mol. The molecule has 0 radical (unpaired) electrons. The second kappa shape index (κ2) is 10.5. The number of carbonyl (C=O) groups is 1. The van der Waals surface area contributed by atoms with E-state index in [0.717, 1.165) is 32.2 Å². The lowest BCUT2D eigenvalue weighted by molar-refractivity contribution is -0.119. The third kappa shape index (κ3) is 6.02. The Bertz CT molecular complexity index is 1020. The van der Waals surface area contributed by atoms with Crippen LogP contribution in [0.25, 0.3) is 0 Å². The van der Waals surface area contributed by atoms with Crippen molar-refractivity contribution in [2.45, 2.75) is 46.7 Å². The van der Waals surface area contributed by atoms with Crippen molar-refractivity contribution >= 4 is 40.8 Å². The predicted octanol–water partition coefficient (Wildman–Crippen LogP) is 5.69. The first-order chi connectivity index (χ1) is 15.1. The van der Waals surface area contributed by atoms with Gasteiger partial charge in [0.15, 0.2) is 8.68 Å². The lowest BCUT2D eigenvalue weighted by atomic mass is 10.0. The van der Waals surface area contributed by atoms with Crippen LogP contribution in [0.2, 0.25) is 0 Å². The fraction of sp³-hybridized carbons (Fsp3) is 0.348. The zero-order valence-electron chi connectivity index (χ0n) is 17.5. The minimum atomic E-state index is 0.000621. The summed E-state index contributed by atoms with van der Waals surface area (Å²) < 4.78 is 7.41. The van der Waals surface area contributed by atoms with Gasteiger partial charge in [-0.15, -0.1) is 10.2 Å². The number of benzene rings is 2. The smallest absolute Gasteiger partial charge is 0.230 e. The van der Waals surface area contributed by atoms with Crippen molar-refractivity contribution in [2.24, 2.45) is 0 Å². The van der Waals surface area contributed by atoms with E-state index in [0.29, 0.717) is 18.3 Å². The number of carbonyl (C=O) groups excluding carboxylic acids is 1. The minimum Gasteiger partial charge on any atom is -0.493 e. The zero-order chi connectivity index (χ0) is 21.6. The van der Waals surface area contributed by atoms with Gasteiger partial charge in [-0.1, -0.05) is 91.2 Å². The van der Waals surface area contributed by atoms with E-state index >= 15 is 0 Å². The van der Waals surface area contributed by atoms with Crippen molar-refractivity contribution in [2.75, 3.05) is 12.4 Å². The number of nitrogens with one attached hydrogen (secondary N) is 1. The molecule has 5 nitrogen and oxygen atoms in total. The molecule has 1 amide bonds. The number of hydrogen-bond donors (Lipinski definition) is 1. The Kier molecular flexibility index (Phi) is 7.53. The fourth-order valence-electron chi connectivity index (χ4n) is 3.31. The highest BCUT2D eigenvalue weighted by atomic mass is 32.2. The van der Waals surface area contributed by atoms with Crippen molar-refractivity contribution in [3.63, 3.8) is 0 Å². The normalized spacial score (nSPS) is 15.4. The van der Waals surface area contributed by atoms with E-state index in [1.165, 1.54) is 22.9 Å². The van der Waals surface area contributed by atoms with Crippen LogP contribution in [-0.2, 0) is 10.5 Å². The maximum absolute atomic E-state index is 12.5. The minimum absolute atomic E-state index is 0.000621. The van der Waals surface area contributed by atoms with Gasteiger partial charge in [0.1, 0.15) is 5.75 Å². The van der Waals surface area contributed by atoms with Gasteiger partial charge in [0, 0.05) is 17.7 Å². The molecular weight excluding hydrogens is 446 g/mol. The summed E-state index contributed by atoms with van der Waals surface area (Å²) >= 11 is 4.66. The van der Waals surface area contributed by atoms with E-state index < -0.39 is 0 Å². The molecule has 0 spiro atoms. The average Bonchev–Trinajstić information content (AvgIpc) is 3.25. The third-order valence-electron chi connectivity index (χ3n) is 5.02. The molecule has 1 N–H and O–H groups in total. The Balaban J connectivity index is 1.24. The van der Waals surface area contributed by atoms with Crippen molar-refractivity contribution < 1.29 is 9.53 Å². The van der Waals surface area contributed by atoms with E-state index in [9.17, 15) is 4.79 Å². The molecule has 1 aliphatic heterocycles. The van der Waals surface area contributed by atoms with Gasteiger partial charge in [0.2, 0.25) is 5.91 Å². The topological polar surface area (TPSA) is 64.1 Å². The Hall–Kier alpha value is -2.03. The van der Waals surface area contributed by atoms with Crippen LogP contribution in [0.5, 0.6) is 5.75 Å². The lowest BCUT2D eigenvalue weighted by Crippen LogP contribution is -2.33. The number of hydrogen-bond acceptors (Lipinski definition) is 7. The van der Waals surface area contributed by atoms with Crippen LogP contribution in [-0.4, -0.2) is 28.5 Å². The van der Waals surface area contributed by atoms with E-state index in [4.69, 9.17) is 4.74 Å². The van der Waals surface area contributed by atoms with Gasteiger partial charge in [-0.2, -0.15) is 0 Å². The molecule has 3 aromatic rings. The summed E-state index contributed by atoms with van der Waals surface area (Å²) in [4.78, 5) is 12.5. The SMILES string of the molecule is CC(C)c1ccc(CSc2nnc(SCC(=O)NC3CCOc4ccccc43)s2)cc1. The first-order valence-corrected chi connectivity index (χ1v) is 13.1. The molecule has 162 valence electrons. The molecule has 2 aromatic carbocycles. The summed E-state index contributed by atoms with van der Waals surface area (Å²) in [5.74, 6) is 2.59. The van der Waals surface area contributed by atoms with Crippen LogP contribution in [0.15, 0.2) is 57.2 Å². The van der Waals surface area contributed by atoms with Crippen LogP contribution in [0.4, 0.5) is 0 Å². The van der Waals surface area contributed by atoms with E-state index in [2.05, 4.69) is 53.6 Å². The Morgan fingerprint density at radius 2 is 1.87 bits per heavy atom. The molecule has 0 saturated carbocycles. The highest BCUT2D eigenvalue weighted by molar-refractivity contribution is 8.03. The van der Waals surface area contributed by atoms with Gasteiger partial charge < -0.3 is 10.1 Å². The number of ether oxygens (including phenoxy) is 1. The number of amides is 1. The number of aromatic nitrogens is 2. The maximum atomic E-state index is 12.5. The summed E-state index contributed by atoms with van der Waals surface area (Å²) in [5, 5.41) is 11.6. The molecule has 0 aliphatic carbocycles. The molecule has 4 rings (SSSR count). The van der Waals surface area contributed by atoms with Gasteiger partial charge in [-0.3, -0.25) is 4.79 Å². The van der Waals surface area contributed by atoms with Crippen LogP contribution in [0.3, 0.4) is 0 Å². The molecule has 0 bridgehead atoms. The Labute approximate surface area is 195 Å². The molecule has 0 saturated heterocycles. The second-order valence-electron chi connectivity index (χ2n) is 7.60. The Morgan fingerprint density at radius 1 is 1.13 bits per heavy atom. The summed E-state index contributed by atoms with van der Waals surface area (Å²) in [7, 11) is 0. The predicted molar refractivity (Wildman–Crippen MR) is 128 cm³/mol. The van der Waals surface area contributed by atoms with Gasteiger partial charge in [-0.25, -0.2) is 0 Å². The third-order valence-corrected chi connectivity index (χ3v) is 8.28. The Morgan fingerprint density at radius 3 is 2.65 bits per heavy atom. The number of rotatable bonds is 8. The molecule has 1 aliphatic rings. The van der Waals surface area contributed by atoms with E-state index in [-0.39, 0.29) is 11.9 Å². The molecule has 1 atom stereocenters. The lowest BCUT2D eigenvalue weighted by Gasteiger charge is -2.26. The van der Waals surface area contributed by atoms with Crippen LogP contribution < -0.4 is 10.1 Å². The molecule has 1 aromatic heterocycles. The second-order valence-corrected chi connectivity index (χ2v) is 11.0. The van der Waals surface area contributed by atoms with Gasteiger partial charge in [0.05, 0.1) is 18.4 Å². The van der Waals surface area contributed by atoms with Crippen molar-refractivity contribution in [1.29, 1.82) is 0 Å². The van der Waals surface area contributed by atoms with Crippen LogP contribution >= 0.6 is 34.9 Å². The van der Waals surface area contributed by atoms with Crippen LogP contribution in [0.1, 0.15) is 48.9 Å². The van der Waals surface area contributed by atoms with Crippen molar-refractivity contribution in [3.8, 4) is 5.75 Å². The highest BCUT2D eigenvalue weighted by Crippen LogP contribution is 2.33. The fourth-order valence-corrected chi connectivity index (χ4v) is 6.10. The molecule has 1 unspecified atom stereocenters. The van der Waals surface area contributed by atoms with Crippen LogP contribution in [0, 0.1) is 0 Å². The number of fused-ring (bicyclic) bond motifs is 1. The average molecular weight is 472 g/mol. The maximum Gasteiger partial charge on any atom is 0.230 e. The number of thioether (sulfide) groups is 2. The number of para-hydroxylation sites is 1. The summed E-state index contributed by atoms with van der Waals surface area (Å²) in [6.45, 7) is 5.02. The van der Waals surface area contributed by atoms with Gasteiger partial charge >= 0.3 is 0 Å². The standard InChI is InChI=1S/C23H25N3O2S3/c1-15(2)17-9-7-16(8-10-17)13-29-22-25-26-23(31-22)30-14-21(27)24-19-11-12-28-20-6-4-3-5-18(19)20/h3-10,15,19H,11-14H2,1-2H3,(H,24,27). The zero-order valence-corrected chi connectivity index (χ0v) is 20.0. The van der Waals surface area contributed by atoms with Crippen molar-refractivity contribution in [1.82, 2.24) is 15.5 Å². The highest BCUT2D eigenvalue weighted by Gasteiger charge is 2.22. The first-order valence-electron chi connectivity index (χ1n) is 10.3. The molecule has 8 heteroatoms. The molecule has 2 heterocycles. The molecule has 31 heavy (non-hydrogen) atoms. The summed E-state index contributed by atoms with van der Waals surface area (Å²) in [6.07, 6.45) is 0.783. The van der Waals surface area contributed by atoms with E-state index in [1.807, 2.05) is 24.3 Å². The van der Waals surface area contributed by atoms with E-state index in [1.54, 1.807) is 23.1 Å².